The van der Waals surface area contributed by atoms with Crippen LogP contribution in [0.15, 0.2) is 42.5 Å². The number of ether oxygens (including phenoxy) is 1. The fourth-order valence-electron chi connectivity index (χ4n) is 2.39. The molecule has 4 nitrogen and oxygen atoms in total. The van der Waals surface area contributed by atoms with Crippen LogP contribution < -0.4 is 15.4 Å². The van der Waals surface area contributed by atoms with E-state index in [1.807, 2.05) is 56.3 Å². The molecule has 2 aromatic carbocycles. The van der Waals surface area contributed by atoms with Gasteiger partial charge in [-0.25, -0.2) is 0 Å². The van der Waals surface area contributed by atoms with Crippen molar-refractivity contribution < 1.29 is 9.53 Å². The smallest absolute Gasteiger partial charge is 0.262 e. The van der Waals surface area contributed by atoms with Gasteiger partial charge in [0, 0.05) is 12.2 Å². The van der Waals surface area contributed by atoms with Gasteiger partial charge < -0.3 is 15.4 Å². The van der Waals surface area contributed by atoms with Gasteiger partial charge in [-0.2, -0.15) is 0 Å². The lowest BCUT2D eigenvalue weighted by molar-refractivity contribution is -0.118. The van der Waals surface area contributed by atoms with E-state index < -0.39 is 0 Å². The molecular formula is C19H24N2O2. The molecule has 2 aromatic rings. The molecule has 0 unspecified atom stereocenters. The molecule has 23 heavy (non-hydrogen) atoms. The number of hydrogen-bond acceptors (Lipinski definition) is 3. The van der Waals surface area contributed by atoms with Crippen molar-refractivity contribution in [1.82, 2.24) is 5.32 Å². The van der Waals surface area contributed by atoms with E-state index in [0.29, 0.717) is 0 Å². The molecule has 0 bridgehead atoms. The van der Waals surface area contributed by atoms with Gasteiger partial charge in [0.2, 0.25) is 0 Å². The minimum Gasteiger partial charge on any atom is -0.483 e. The lowest BCUT2D eigenvalue weighted by atomic mass is 10.1. The van der Waals surface area contributed by atoms with Crippen LogP contribution in [0.2, 0.25) is 0 Å². The quantitative estimate of drug-likeness (QED) is 0.823. The molecule has 0 spiro atoms. The summed E-state index contributed by atoms with van der Waals surface area (Å²) >= 11 is 0. The maximum Gasteiger partial charge on any atom is 0.262 e. The number of carbonyl (C=O) groups excluding carboxylic acids is 1. The van der Waals surface area contributed by atoms with Crippen LogP contribution in [-0.2, 0) is 11.3 Å². The highest BCUT2D eigenvalue weighted by atomic mass is 16.5. The van der Waals surface area contributed by atoms with Crippen molar-refractivity contribution in [2.75, 3.05) is 18.5 Å². The minimum atomic E-state index is -0.159. The minimum absolute atomic E-state index is 0.00311. The van der Waals surface area contributed by atoms with Gasteiger partial charge in [-0.3, -0.25) is 4.79 Å². The molecule has 0 aliphatic rings. The van der Waals surface area contributed by atoms with Crippen molar-refractivity contribution in [2.24, 2.45) is 0 Å². The summed E-state index contributed by atoms with van der Waals surface area (Å²) in [5.41, 5.74) is 3.99. The molecule has 0 atom stereocenters. The number of anilines is 1. The molecule has 0 aliphatic carbocycles. The summed E-state index contributed by atoms with van der Waals surface area (Å²) in [5.74, 6) is 0.622. The van der Waals surface area contributed by atoms with Crippen LogP contribution in [0.5, 0.6) is 5.75 Å². The summed E-state index contributed by atoms with van der Waals surface area (Å²) in [4.78, 5) is 12.1. The Hall–Kier alpha value is -2.33. The van der Waals surface area contributed by atoms with Crippen molar-refractivity contribution in [3.63, 3.8) is 0 Å². The van der Waals surface area contributed by atoms with Gasteiger partial charge in [0.25, 0.3) is 5.91 Å². The van der Waals surface area contributed by atoms with Crippen LogP contribution in [-0.4, -0.2) is 19.1 Å². The highest BCUT2D eigenvalue weighted by Gasteiger charge is 2.08. The average Bonchev–Trinajstić information content (AvgIpc) is 2.53. The molecule has 0 aliphatic heterocycles. The average molecular weight is 312 g/mol. The molecule has 122 valence electrons. The van der Waals surface area contributed by atoms with E-state index >= 15 is 0 Å². The van der Waals surface area contributed by atoms with Crippen molar-refractivity contribution in [3.8, 4) is 5.75 Å². The largest absolute Gasteiger partial charge is 0.483 e. The standard InChI is InChI=1S/C19H24N2O2/c1-4-20-12-16-9-6-10-17(11-16)21-18(22)13-23-19-14(2)7-5-8-15(19)3/h5-11,20H,4,12-13H2,1-3H3,(H,21,22). The number of rotatable bonds is 7. The van der Waals surface area contributed by atoms with Gasteiger partial charge in [-0.1, -0.05) is 37.3 Å². The number of benzene rings is 2. The number of hydrogen-bond donors (Lipinski definition) is 2. The van der Waals surface area contributed by atoms with E-state index in [-0.39, 0.29) is 12.5 Å². The Kier molecular flexibility index (Phi) is 6.18. The van der Waals surface area contributed by atoms with Gasteiger partial charge in [0.05, 0.1) is 0 Å². The van der Waals surface area contributed by atoms with Gasteiger partial charge in [0.15, 0.2) is 6.61 Å². The normalized spacial score (nSPS) is 10.4. The van der Waals surface area contributed by atoms with E-state index in [2.05, 4.69) is 17.6 Å². The van der Waals surface area contributed by atoms with Crippen LogP contribution in [0.25, 0.3) is 0 Å². The maximum absolute atomic E-state index is 12.1. The Morgan fingerprint density at radius 2 is 1.78 bits per heavy atom. The van der Waals surface area contributed by atoms with Gasteiger partial charge in [0.1, 0.15) is 5.75 Å². The SMILES string of the molecule is CCNCc1cccc(NC(=O)COc2c(C)cccc2C)c1. The second-order valence-electron chi connectivity index (χ2n) is 5.54. The Morgan fingerprint density at radius 3 is 2.48 bits per heavy atom. The highest BCUT2D eigenvalue weighted by Crippen LogP contribution is 2.22. The molecular weight excluding hydrogens is 288 g/mol. The first kappa shape index (κ1) is 17.0. The Bertz CT molecular complexity index is 648. The van der Waals surface area contributed by atoms with Crippen LogP contribution in [0, 0.1) is 13.8 Å². The fraction of sp³-hybridized carbons (Fsp3) is 0.316. The molecule has 1 amide bonds. The third-order valence-corrected chi connectivity index (χ3v) is 3.55. The van der Waals surface area contributed by atoms with Gasteiger partial charge >= 0.3 is 0 Å². The number of para-hydroxylation sites is 1. The van der Waals surface area contributed by atoms with E-state index in [0.717, 1.165) is 41.2 Å². The van der Waals surface area contributed by atoms with Crippen molar-refractivity contribution in [2.45, 2.75) is 27.3 Å². The van der Waals surface area contributed by atoms with Crippen molar-refractivity contribution in [1.29, 1.82) is 0 Å². The van der Waals surface area contributed by atoms with E-state index in [4.69, 9.17) is 4.74 Å². The summed E-state index contributed by atoms with van der Waals surface area (Å²) in [6.45, 7) is 7.73. The lowest BCUT2D eigenvalue weighted by Crippen LogP contribution is -2.21. The van der Waals surface area contributed by atoms with E-state index in [1.165, 1.54) is 0 Å². The van der Waals surface area contributed by atoms with Crippen LogP contribution in [0.1, 0.15) is 23.6 Å². The molecule has 0 saturated heterocycles. The molecule has 0 saturated carbocycles. The van der Waals surface area contributed by atoms with Crippen molar-refractivity contribution in [3.05, 3.63) is 59.2 Å². The zero-order valence-corrected chi connectivity index (χ0v) is 14.0. The molecule has 4 heteroatoms. The summed E-state index contributed by atoms with van der Waals surface area (Å²) in [7, 11) is 0. The molecule has 0 fully saturated rings. The highest BCUT2D eigenvalue weighted by molar-refractivity contribution is 5.92. The maximum atomic E-state index is 12.1. The third kappa shape index (κ3) is 5.11. The van der Waals surface area contributed by atoms with Crippen LogP contribution in [0.4, 0.5) is 5.69 Å². The van der Waals surface area contributed by atoms with Crippen molar-refractivity contribution >= 4 is 11.6 Å². The Labute approximate surface area is 137 Å². The number of amides is 1. The fourth-order valence-corrected chi connectivity index (χ4v) is 2.39. The number of nitrogens with one attached hydrogen (secondary N) is 2. The van der Waals surface area contributed by atoms with E-state index in [9.17, 15) is 4.79 Å². The zero-order chi connectivity index (χ0) is 16.7. The molecule has 2 rings (SSSR count). The molecule has 2 N–H and O–H groups in total. The predicted octanol–water partition coefficient (Wildman–Crippen LogP) is 3.43. The molecule has 0 heterocycles. The Balaban J connectivity index is 1.92. The topological polar surface area (TPSA) is 50.4 Å². The monoisotopic (exact) mass is 312 g/mol. The van der Waals surface area contributed by atoms with Crippen LogP contribution >= 0.6 is 0 Å². The first-order chi connectivity index (χ1) is 11.1. The summed E-state index contributed by atoms with van der Waals surface area (Å²) in [6.07, 6.45) is 0. The van der Waals surface area contributed by atoms with E-state index in [1.54, 1.807) is 0 Å². The lowest BCUT2D eigenvalue weighted by Gasteiger charge is -2.12. The Morgan fingerprint density at radius 1 is 1.09 bits per heavy atom. The summed E-state index contributed by atoms with van der Waals surface area (Å²) in [5, 5.41) is 6.14. The molecule has 0 aromatic heterocycles. The second-order valence-corrected chi connectivity index (χ2v) is 5.54. The predicted molar refractivity (Wildman–Crippen MR) is 93.9 cm³/mol. The number of carbonyl (C=O) groups is 1. The molecule has 0 radical (unpaired) electrons. The summed E-state index contributed by atoms with van der Waals surface area (Å²) in [6, 6.07) is 13.8. The van der Waals surface area contributed by atoms with Gasteiger partial charge in [-0.15, -0.1) is 0 Å². The second kappa shape index (κ2) is 8.34. The van der Waals surface area contributed by atoms with Crippen LogP contribution in [0.3, 0.4) is 0 Å². The third-order valence-electron chi connectivity index (χ3n) is 3.55. The van der Waals surface area contributed by atoms with Gasteiger partial charge in [-0.05, 0) is 49.2 Å². The number of aryl methyl sites for hydroxylation is 2. The first-order valence-electron chi connectivity index (χ1n) is 7.88. The summed E-state index contributed by atoms with van der Waals surface area (Å²) < 4.78 is 5.67. The first-order valence-corrected chi connectivity index (χ1v) is 7.88. The zero-order valence-electron chi connectivity index (χ0n) is 14.0.